The molecule has 3 rings (SSSR count). The minimum atomic E-state index is -2.16. The fourth-order valence-electron chi connectivity index (χ4n) is 3.18. The van der Waals surface area contributed by atoms with E-state index in [2.05, 4.69) is 0 Å². The van der Waals surface area contributed by atoms with E-state index in [1.807, 2.05) is 0 Å². The minimum absolute atomic E-state index is 0.0288. The number of carbonyl (C=O) groups is 4. The van der Waals surface area contributed by atoms with Crippen molar-refractivity contribution in [2.75, 3.05) is 6.61 Å². The topological polar surface area (TPSA) is 136 Å². The summed E-state index contributed by atoms with van der Waals surface area (Å²) in [6, 6.07) is 2.19. The Bertz CT molecular complexity index is 1130. The van der Waals surface area contributed by atoms with E-state index in [0.29, 0.717) is 5.76 Å². The van der Waals surface area contributed by atoms with Gasteiger partial charge in [-0.1, -0.05) is 0 Å². The zero-order valence-corrected chi connectivity index (χ0v) is 17.5. The maximum Gasteiger partial charge on any atom is 0.343 e. The van der Waals surface area contributed by atoms with Crippen molar-refractivity contribution in [2.45, 2.75) is 26.4 Å². The summed E-state index contributed by atoms with van der Waals surface area (Å²) in [6.45, 7) is 3.92. The maximum absolute atomic E-state index is 13.0. The summed E-state index contributed by atoms with van der Waals surface area (Å²) in [5, 5.41) is 19.5. The van der Waals surface area contributed by atoms with Gasteiger partial charge in [-0.15, -0.1) is 0 Å². The van der Waals surface area contributed by atoms with Crippen molar-refractivity contribution in [3.05, 3.63) is 70.7 Å². The van der Waals surface area contributed by atoms with Crippen molar-refractivity contribution in [1.82, 2.24) is 0 Å². The normalized spacial score (nSPS) is 20.0. The van der Waals surface area contributed by atoms with Gasteiger partial charge >= 0.3 is 11.9 Å². The number of hydrogen-bond acceptors (Lipinski definition) is 9. The van der Waals surface area contributed by atoms with E-state index < -0.39 is 34.9 Å². The lowest BCUT2D eigenvalue weighted by atomic mass is 9.80. The Morgan fingerprint density at radius 2 is 1.91 bits per heavy atom. The number of ether oxygens (including phenoxy) is 3. The number of aromatic hydroxyl groups is 2. The Morgan fingerprint density at radius 1 is 1.19 bits per heavy atom. The standard InChI is InChI=1S/C23H20O9/c1-12-7-15(25)10-18(26)20(12)22(29)32-23(3)19(27)9-14-8-16(5-4-6-30-13(2)24)31-11-17(14)21(23)28/h4-5,7-11,25-26H,6H2,1-3H3/b5-4+/t23-/m0/s1. The molecule has 0 unspecified atom stereocenters. The first-order valence-corrected chi connectivity index (χ1v) is 9.48. The van der Waals surface area contributed by atoms with Crippen molar-refractivity contribution in [2.24, 2.45) is 0 Å². The van der Waals surface area contributed by atoms with Gasteiger partial charge in [0.1, 0.15) is 35.7 Å². The van der Waals surface area contributed by atoms with Gasteiger partial charge in [0.2, 0.25) is 17.2 Å². The highest BCUT2D eigenvalue weighted by atomic mass is 16.6. The fourth-order valence-corrected chi connectivity index (χ4v) is 3.18. The molecule has 0 amide bonds. The summed E-state index contributed by atoms with van der Waals surface area (Å²) >= 11 is 0. The van der Waals surface area contributed by atoms with Gasteiger partial charge in [0.25, 0.3) is 0 Å². The number of hydrogen-bond donors (Lipinski definition) is 2. The molecule has 0 fully saturated rings. The van der Waals surface area contributed by atoms with Gasteiger partial charge in [-0.3, -0.25) is 14.4 Å². The van der Waals surface area contributed by atoms with E-state index in [9.17, 15) is 29.4 Å². The molecule has 0 aromatic heterocycles. The van der Waals surface area contributed by atoms with Gasteiger partial charge < -0.3 is 24.4 Å². The number of phenolic OH excluding ortho intramolecular Hbond substituents is 2. The number of Topliss-reactive ketones (excluding diaryl/α,β-unsaturated/α-hetero) is 1. The molecule has 32 heavy (non-hydrogen) atoms. The first-order chi connectivity index (χ1) is 15.0. The number of benzene rings is 1. The number of allylic oxidation sites excluding steroid dienone is 3. The van der Waals surface area contributed by atoms with Crippen LogP contribution in [-0.2, 0) is 28.6 Å². The number of aryl methyl sites for hydroxylation is 1. The smallest absolute Gasteiger partial charge is 0.343 e. The molecule has 2 aliphatic rings. The highest BCUT2D eigenvalue weighted by Crippen LogP contribution is 2.35. The third kappa shape index (κ3) is 4.31. The zero-order valence-electron chi connectivity index (χ0n) is 17.5. The Kier molecular flexibility index (Phi) is 6.02. The first-order valence-electron chi connectivity index (χ1n) is 9.48. The van der Waals surface area contributed by atoms with Crippen LogP contribution in [0.4, 0.5) is 0 Å². The second kappa shape index (κ2) is 8.54. The minimum Gasteiger partial charge on any atom is -0.508 e. The van der Waals surface area contributed by atoms with Gasteiger partial charge in [0.05, 0.1) is 5.57 Å². The van der Waals surface area contributed by atoms with E-state index in [1.165, 1.54) is 38.1 Å². The second-order valence-corrected chi connectivity index (χ2v) is 7.27. The molecule has 0 saturated heterocycles. The average Bonchev–Trinajstić information content (AvgIpc) is 2.69. The van der Waals surface area contributed by atoms with Crippen molar-refractivity contribution in [1.29, 1.82) is 0 Å². The second-order valence-electron chi connectivity index (χ2n) is 7.27. The van der Waals surface area contributed by atoms with Crippen molar-refractivity contribution < 1.29 is 43.6 Å². The van der Waals surface area contributed by atoms with E-state index in [-0.39, 0.29) is 34.6 Å². The predicted octanol–water partition coefficient (Wildman–Crippen LogP) is 2.32. The summed E-state index contributed by atoms with van der Waals surface area (Å²) < 4.78 is 15.4. The van der Waals surface area contributed by atoms with Crippen molar-refractivity contribution >= 4 is 23.5 Å². The van der Waals surface area contributed by atoms with Gasteiger partial charge in [0, 0.05) is 13.0 Å². The number of phenols is 2. The van der Waals surface area contributed by atoms with Crippen LogP contribution in [0.3, 0.4) is 0 Å². The molecule has 9 nitrogen and oxygen atoms in total. The van der Waals surface area contributed by atoms with Crippen LogP contribution in [0, 0.1) is 6.92 Å². The lowest BCUT2D eigenvalue weighted by Gasteiger charge is -2.31. The lowest BCUT2D eigenvalue weighted by Crippen LogP contribution is -2.50. The Labute approximate surface area is 182 Å². The Balaban J connectivity index is 1.84. The zero-order chi connectivity index (χ0) is 23.6. The van der Waals surface area contributed by atoms with E-state index >= 15 is 0 Å². The lowest BCUT2D eigenvalue weighted by molar-refractivity contribution is -0.145. The molecule has 1 aliphatic carbocycles. The van der Waals surface area contributed by atoms with Gasteiger partial charge in [-0.25, -0.2) is 4.79 Å². The monoisotopic (exact) mass is 440 g/mol. The molecule has 0 radical (unpaired) electrons. The number of esters is 2. The van der Waals surface area contributed by atoms with Crippen molar-refractivity contribution in [3.63, 3.8) is 0 Å². The molecule has 1 heterocycles. The van der Waals surface area contributed by atoms with Crippen LogP contribution in [0.2, 0.25) is 0 Å². The number of rotatable bonds is 5. The van der Waals surface area contributed by atoms with Crippen LogP contribution in [0.15, 0.2) is 59.6 Å². The largest absolute Gasteiger partial charge is 0.508 e. The molecule has 1 aromatic rings. The van der Waals surface area contributed by atoms with Crippen molar-refractivity contribution in [3.8, 4) is 11.5 Å². The van der Waals surface area contributed by atoms with Crippen LogP contribution < -0.4 is 0 Å². The van der Waals surface area contributed by atoms with E-state index in [1.54, 1.807) is 0 Å². The molecular weight excluding hydrogens is 420 g/mol. The quantitative estimate of drug-likeness (QED) is 0.522. The molecule has 166 valence electrons. The predicted molar refractivity (Wildman–Crippen MR) is 109 cm³/mol. The Morgan fingerprint density at radius 3 is 2.56 bits per heavy atom. The van der Waals surface area contributed by atoms with Crippen LogP contribution in [0.1, 0.15) is 29.8 Å². The molecule has 0 spiro atoms. The molecule has 1 atom stereocenters. The summed E-state index contributed by atoms with van der Waals surface area (Å²) in [4.78, 5) is 49.2. The fraction of sp³-hybridized carbons (Fsp3) is 0.217. The molecule has 1 aromatic carbocycles. The van der Waals surface area contributed by atoms with Crippen LogP contribution in [-0.4, -0.2) is 45.9 Å². The molecular formula is C23H20O9. The highest BCUT2D eigenvalue weighted by molar-refractivity contribution is 6.26. The van der Waals surface area contributed by atoms with E-state index in [4.69, 9.17) is 14.2 Å². The van der Waals surface area contributed by atoms with Gasteiger partial charge in [-0.2, -0.15) is 0 Å². The van der Waals surface area contributed by atoms with Crippen LogP contribution >= 0.6 is 0 Å². The van der Waals surface area contributed by atoms with Gasteiger partial charge in [0.15, 0.2) is 0 Å². The van der Waals surface area contributed by atoms with Crippen LogP contribution in [0.25, 0.3) is 0 Å². The number of ketones is 2. The molecule has 0 bridgehead atoms. The molecule has 1 aliphatic heterocycles. The van der Waals surface area contributed by atoms with E-state index in [0.717, 1.165) is 25.3 Å². The average molecular weight is 440 g/mol. The summed E-state index contributed by atoms with van der Waals surface area (Å²) in [5.41, 5.74) is -1.92. The molecule has 0 saturated carbocycles. The van der Waals surface area contributed by atoms with Gasteiger partial charge in [-0.05, 0) is 55.4 Å². The SMILES string of the molecule is CC(=O)OC/C=C/C1=CC2=CC(=O)[C@](C)(OC(=O)c3c(C)cc(O)cc3O)C(=O)C2=CO1. The number of carbonyl (C=O) groups excluding carboxylic acids is 4. The van der Waals surface area contributed by atoms with Crippen LogP contribution in [0.5, 0.6) is 11.5 Å². The summed E-state index contributed by atoms with van der Waals surface area (Å²) in [7, 11) is 0. The summed E-state index contributed by atoms with van der Waals surface area (Å²) in [5.74, 6) is -3.58. The third-order valence-electron chi connectivity index (χ3n) is 4.82. The Hall–Kier alpha value is -4.14. The third-order valence-corrected chi connectivity index (χ3v) is 4.82. The first kappa shape index (κ1) is 22.5. The summed E-state index contributed by atoms with van der Waals surface area (Å²) in [6.07, 6.45) is 6.79. The number of fused-ring (bicyclic) bond motifs is 1. The molecule has 2 N–H and O–H groups in total. The highest BCUT2D eigenvalue weighted by Gasteiger charge is 2.49. The maximum atomic E-state index is 13.0. The molecule has 9 heteroatoms.